The van der Waals surface area contributed by atoms with Gasteiger partial charge in [-0.3, -0.25) is 9.69 Å². The zero-order chi connectivity index (χ0) is 28.4. The molecule has 2 N–H and O–H groups in total. The molecule has 1 fully saturated rings. The summed E-state index contributed by atoms with van der Waals surface area (Å²) in [5.41, 5.74) is 11.5. The molecule has 0 bridgehead atoms. The van der Waals surface area contributed by atoms with Gasteiger partial charge < -0.3 is 24.6 Å². The Morgan fingerprint density at radius 2 is 1.92 bits per heavy atom. The number of nitrogens with zero attached hydrogens (tertiary/aromatic N) is 3. The van der Waals surface area contributed by atoms with E-state index in [9.17, 15) is 18.8 Å². The Hall–Kier alpha value is -3.63. The van der Waals surface area contributed by atoms with E-state index in [0.29, 0.717) is 28.8 Å². The molecule has 9 nitrogen and oxygen atoms in total. The lowest BCUT2D eigenvalue weighted by Crippen LogP contribution is -2.25. The second kappa shape index (κ2) is 11.6. The molecule has 10 heteroatoms. The first-order valence-corrected chi connectivity index (χ1v) is 13.1. The van der Waals surface area contributed by atoms with Crippen molar-refractivity contribution in [1.29, 1.82) is 0 Å². The van der Waals surface area contributed by atoms with Crippen LogP contribution >= 0.6 is 0 Å². The number of hydrogen-bond donors (Lipinski definition) is 1. The molecule has 2 unspecified atom stereocenters. The third kappa shape index (κ3) is 5.18. The van der Waals surface area contributed by atoms with Crippen LogP contribution in [0.3, 0.4) is 0 Å². The summed E-state index contributed by atoms with van der Waals surface area (Å²) in [7, 11) is 2.72. The Morgan fingerprint density at radius 1 is 1.21 bits per heavy atom. The third-order valence-corrected chi connectivity index (χ3v) is 7.67. The van der Waals surface area contributed by atoms with Crippen LogP contribution in [0, 0.1) is 19.7 Å². The molecular weight excluding hydrogens is 503 g/mol. The first-order chi connectivity index (χ1) is 18.8. The van der Waals surface area contributed by atoms with Crippen molar-refractivity contribution in [1.82, 2.24) is 14.5 Å². The zero-order valence-corrected chi connectivity index (χ0v) is 23.1. The number of pyridine rings is 2. The number of nitrogens with two attached hydrogens (primary N) is 1. The lowest BCUT2D eigenvalue weighted by molar-refractivity contribution is -0.108. The summed E-state index contributed by atoms with van der Waals surface area (Å²) in [6, 6.07) is 3.67. The van der Waals surface area contributed by atoms with E-state index in [-0.39, 0.29) is 24.0 Å². The largest absolute Gasteiger partial charge is 0.508 e. The molecule has 0 spiro atoms. The van der Waals surface area contributed by atoms with Gasteiger partial charge in [-0.25, -0.2) is 14.2 Å². The van der Waals surface area contributed by atoms with Gasteiger partial charge in [-0.2, -0.15) is 0 Å². The minimum atomic E-state index is -0.829. The highest BCUT2D eigenvalue weighted by atomic mass is 19.1. The summed E-state index contributed by atoms with van der Waals surface area (Å²) in [4.78, 5) is 41.3. The Balaban J connectivity index is 0.000000338. The van der Waals surface area contributed by atoms with Crippen LogP contribution in [0.15, 0.2) is 16.9 Å². The number of carbonyl (C=O) groups is 2. The lowest BCUT2D eigenvalue weighted by atomic mass is 9.85. The molecule has 2 aliphatic heterocycles. The highest BCUT2D eigenvalue weighted by Crippen LogP contribution is 2.41. The highest BCUT2D eigenvalue weighted by molar-refractivity contribution is 5.92. The molecule has 4 heterocycles. The fourth-order valence-electron chi connectivity index (χ4n) is 5.48. The average molecular weight is 539 g/mol. The van der Waals surface area contributed by atoms with E-state index in [4.69, 9.17) is 9.72 Å². The smallest absolute Gasteiger partial charge is 0.438 e. The van der Waals surface area contributed by atoms with Gasteiger partial charge in [0.2, 0.25) is 0 Å². The van der Waals surface area contributed by atoms with Crippen molar-refractivity contribution in [3.63, 3.8) is 0 Å². The molecule has 1 saturated heterocycles. The molecule has 0 amide bonds. The lowest BCUT2D eigenvalue weighted by Gasteiger charge is -2.21. The van der Waals surface area contributed by atoms with Crippen molar-refractivity contribution < 1.29 is 23.5 Å². The first-order valence-electron chi connectivity index (χ1n) is 13.1. The van der Waals surface area contributed by atoms with Gasteiger partial charge in [0.25, 0.3) is 5.56 Å². The number of benzene rings is 1. The number of fused-ring (bicyclic) bond motifs is 4. The maximum Gasteiger partial charge on any atom is 0.508 e. The summed E-state index contributed by atoms with van der Waals surface area (Å²) in [6.07, 6.45) is 2.85. The monoisotopic (exact) mass is 538 g/mol. The van der Waals surface area contributed by atoms with Gasteiger partial charge in [0.1, 0.15) is 18.7 Å². The quantitative estimate of drug-likeness (QED) is 0.239. The number of aromatic nitrogens is 2. The summed E-state index contributed by atoms with van der Waals surface area (Å²) < 4.78 is 25.7. The van der Waals surface area contributed by atoms with Gasteiger partial charge in [-0.1, -0.05) is 6.92 Å². The van der Waals surface area contributed by atoms with E-state index in [0.717, 1.165) is 66.5 Å². The van der Waals surface area contributed by atoms with Crippen molar-refractivity contribution >= 4 is 23.3 Å². The molecule has 39 heavy (non-hydrogen) atoms. The molecule has 3 aliphatic rings. The molecule has 2 atom stereocenters. The fourth-order valence-corrected chi connectivity index (χ4v) is 5.48. The number of carbonyl (C=O) groups excluding carboxylic acids is 2. The van der Waals surface area contributed by atoms with Crippen LogP contribution in [0.4, 0.5) is 9.18 Å². The van der Waals surface area contributed by atoms with E-state index in [1.54, 1.807) is 4.57 Å². The third-order valence-electron chi connectivity index (χ3n) is 7.67. The number of rotatable bonds is 4. The molecule has 3 aromatic rings. The molecule has 208 valence electrons. The predicted octanol–water partition coefficient (Wildman–Crippen LogP) is 3.42. The predicted molar refractivity (Wildman–Crippen MR) is 146 cm³/mol. The van der Waals surface area contributed by atoms with Crippen LogP contribution < -0.4 is 11.3 Å². The van der Waals surface area contributed by atoms with Crippen molar-refractivity contribution in [2.75, 3.05) is 27.2 Å². The van der Waals surface area contributed by atoms with Gasteiger partial charge in [0, 0.05) is 23.6 Å². The Labute approximate surface area is 226 Å². The van der Waals surface area contributed by atoms with E-state index in [2.05, 4.69) is 22.3 Å². The van der Waals surface area contributed by atoms with E-state index >= 15 is 0 Å². The van der Waals surface area contributed by atoms with Crippen LogP contribution in [-0.4, -0.2) is 60.2 Å². The van der Waals surface area contributed by atoms with Gasteiger partial charge in [0.15, 0.2) is 0 Å². The van der Waals surface area contributed by atoms with Crippen molar-refractivity contribution in [3.05, 3.63) is 61.7 Å². The maximum absolute atomic E-state index is 14.5. The number of hydrogen-bond acceptors (Lipinski definition) is 8. The fraction of sp³-hybridized carbons (Fsp3) is 0.448. The molecule has 0 saturated carbocycles. The Kier molecular flexibility index (Phi) is 8.46. The first kappa shape index (κ1) is 28.4. The average Bonchev–Trinajstić information content (AvgIpc) is 3.65. The van der Waals surface area contributed by atoms with Crippen molar-refractivity contribution in [3.8, 4) is 11.4 Å². The van der Waals surface area contributed by atoms with E-state index in [1.807, 2.05) is 19.9 Å². The SMILES string of the molecule is CCN1CC1C=O.CN.COC(=O)OCc1c(C)cc2n(c1=O)Cc1c-2nc2cc(F)c(C)c3c2c1CCC3. The van der Waals surface area contributed by atoms with Gasteiger partial charge in [0.05, 0.1) is 42.2 Å². The minimum absolute atomic E-state index is 0.148. The number of aldehydes is 1. The summed E-state index contributed by atoms with van der Waals surface area (Å²) >= 11 is 0. The van der Waals surface area contributed by atoms with Crippen LogP contribution in [0.1, 0.15) is 46.7 Å². The molecule has 1 aromatic carbocycles. The minimum Gasteiger partial charge on any atom is -0.438 e. The van der Waals surface area contributed by atoms with Crippen molar-refractivity contribution in [2.45, 2.75) is 59.2 Å². The van der Waals surface area contributed by atoms with Crippen LogP contribution in [-0.2, 0) is 40.3 Å². The Bertz CT molecular complexity index is 1500. The molecule has 1 aliphatic carbocycles. The number of aryl methyl sites for hydroxylation is 3. The normalized spacial score (nSPS) is 17.6. The number of ether oxygens (including phenoxy) is 2. The zero-order valence-electron chi connectivity index (χ0n) is 23.1. The van der Waals surface area contributed by atoms with Crippen LogP contribution in [0.2, 0.25) is 0 Å². The number of methoxy groups -OCH3 is 1. The summed E-state index contributed by atoms with van der Waals surface area (Å²) in [5, 5.41) is 1.05. The van der Waals surface area contributed by atoms with E-state index < -0.39 is 6.16 Å². The van der Waals surface area contributed by atoms with Gasteiger partial charge >= 0.3 is 6.16 Å². The summed E-state index contributed by atoms with van der Waals surface area (Å²) in [5.74, 6) is -0.236. The number of halogens is 1. The summed E-state index contributed by atoms with van der Waals surface area (Å²) in [6.45, 7) is 7.96. The molecule has 2 aromatic heterocycles. The number of likely N-dealkylation sites (N-methyl/N-ethyl adjacent to an activating group) is 1. The van der Waals surface area contributed by atoms with Gasteiger partial charge in [-0.05, 0) is 75.0 Å². The topological polar surface area (TPSA) is 117 Å². The molecule has 6 rings (SSSR count). The maximum atomic E-state index is 14.5. The molecule has 0 radical (unpaired) electrons. The second-order valence-electron chi connectivity index (χ2n) is 9.74. The van der Waals surface area contributed by atoms with E-state index in [1.165, 1.54) is 25.8 Å². The van der Waals surface area contributed by atoms with Crippen LogP contribution in [0.25, 0.3) is 22.3 Å². The Morgan fingerprint density at radius 3 is 2.54 bits per heavy atom. The molecular formula is C29H35FN4O5. The standard InChI is InChI=1S/C23H21FN2O4.C5H9NO.CH5N/c1-11-7-19-21-15(9-26(19)22(27)16(11)10-30-23(28)29-3)14-6-4-5-13-12(2)17(24)8-18(25-21)20(13)14;1-2-6-3-5(6)4-7;1-2/h7-8H,4-6,9-10H2,1-3H3;4-5H,2-3H2,1H3;2H2,1H3. The van der Waals surface area contributed by atoms with Crippen molar-refractivity contribution in [2.24, 2.45) is 5.73 Å². The van der Waals surface area contributed by atoms with Gasteiger partial charge in [-0.15, -0.1) is 0 Å². The second-order valence-corrected chi connectivity index (χ2v) is 9.74. The highest BCUT2D eigenvalue weighted by Gasteiger charge is 2.31. The van der Waals surface area contributed by atoms with Crippen LogP contribution in [0.5, 0.6) is 0 Å².